The number of nitrogens with zero attached hydrogens (tertiary/aromatic N) is 4. The molecule has 10 nitrogen and oxygen atoms in total. The molecular formula is C19H26N6O4. The molecule has 2 aromatic heterocycles. The molecule has 29 heavy (non-hydrogen) atoms. The molecule has 1 aliphatic rings. The van der Waals surface area contributed by atoms with E-state index in [-0.39, 0.29) is 12.5 Å². The lowest BCUT2D eigenvalue weighted by Gasteiger charge is -2.23. The van der Waals surface area contributed by atoms with Crippen LogP contribution >= 0.6 is 0 Å². The van der Waals surface area contributed by atoms with E-state index in [1.54, 1.807) is 11.4 Å². The predicted octanol–water partition coefficient (Wildman–Crippen LogP) is 1.37. The lowest BCUT2D eigenvalue weighted by molar-refractivity contribution is -0.153. The molecule has 0 aliphatic heterocycles. The van der Waals surface area contributed by atoms with E-state index >= 15 is 0 Å². The van der Waals surface area contributed by atoms with Crippen molar-refractivity contribution in [2.75, 3.05) is 0 Å². The van der Waals surface area contributed by atoms with Gasteiger partial charge in [0.25, 0.3) is 11.7 Å². The first kappa shape index (κ1) is 20.7. The zero-order valence-corrected chi connectivity index (χ0v) is 16.9. The number of urea groups is 1. The Hall–Kier alpha value is -3.04. The van der Waals surface area contributed by atoms with Crippen molar-refractivity contribution in [3.8, 4) is 0 Å². The predicted molar refractivity (Wildman–Crippen MR) is 103 cm³/mol. The fourth-order valence-corrected chi connectivity index (χ4v) is 3.53. The van der Waals surface area contributed by atoms with Crippen LogP contribution < -0.4 is 10.6 Å². The zero-order valence-electron chi connectivity index (χ0n) is 16.9. The van der Waals surface area contributed by atoms with Crippen LogP contribution in [-0.2, 0) is 20.7 Å². The highest BCUT2D eigenvalue weighted by atomic mass is 16.5. The second-order valence-corrected chi connectivity index (χ2v) is 7.34. The summed E-state index contributed by atoms with van der Waals surface area (Å²) in [6.45, 7) is 5.01. The minimum Gasteiger partial charge on any atom is -0.452 e. The van der Waals surface area contributed by atoms with Crippen molar-refractivity contribution in [1.29, 1.82) is 0 Å². The van der Waals surface area contributed by atoms with Crippen molar-refractivity contribution in [3.05, 3.63) is 23.3 Å². The van der Waals surface area contributed by atoms with Crippen molar-refractivity contribution < 1.29 is 19.1 Å². The molecule has 1 fully saturated rings. The fraction of sp³-hybridized carbons (Fsp3) is 0.579. The Balaban J connectivity index is 1.53. The highest BCUT2D eigenvalue weighted by Gasteiger charge is 2.23. The molecule has 0 spiro atoms. The standard InChI is InChI=1S/C19H26N6O4/c1-11-15(12(2)25-18(22-11)20-10-21-25)9-16(26)29-13(3)17(27)24-19(28)23-14-7-5-4-6-8-14/h10,13-14H,4-9H2,1-3H3,(H2,23,24,27,28)/t13-/m0/s1. The number of aryl methyl sites for hydroxylation is 2. The summed E-state index contributed by atoms with van der Waals surface area (Å²) in [5, 5.41) is 9.11. The van der Waals surface area contributed by atoms with Crippen LogP contribution in [0.15, 0.2) is 6.33 Å². The van der Waals surface area contributed by atoms with Crippen LogP contribution in [0, 0.1) is 13.8 Å². The third-order valence-corrected chi connectivity index (χ3v) is 5.16. The van der Waals surface area contributed by atoms with E-state index in [0.29, 0.717) is 17.0 Å². The number of hydrogen-bond donors (Lipinski definition) is 2. The minimum atomic E-state index is -1.09. The molecule has 0 unspecified atom stereocenters. The summed E-state index contributed by atoms with van der Waals surface area (Å²) in [7, 11) is 0. The first-order valence-electron chi connectivity index (χ1n) is 9.81. The fourth-order valence-electron chi connectivity index (χ4n) is 3.53. The van der Waals surface area contributed by atoms with Gasteiger partial charge in [0, 0.05) is 23.0 Å². The molecular weight excluding hydrogens is 376 g/mol. The lowest BCUT2D eigenvalue weighted by atomic mass is 9.96. The van der Waals surface area contributed by atoms with Crippen LogP contribution in [0.2, 0.25) is 0 Å². The van der Waals surface area contributed by atoms with Crippen LogP contribution in [-0.4, -0.2) is 49.6 Å². The summed E-state index contributed by atoms with van der Waals surface area (Å²) in [6, 6.07) is -0.475. The minimum absolute atomic E-state index is 0.0631. The second-order valence-electron chi connectivity index (χ2n) is 7.34. The summed E-state index contributed by atoms with van der Waals surface area (Å²) in [4.78, 5) is 44.8. The number of imide groups is 1. The highest BCUT2D eigenvalue weighted by molar-refractivity contribution is 5.97. The van der Waals surface area contributed by atoms with Crippen LogP contribution in [0.1, 0.15) is 56.0 Å². The van der Waals surface area contributed by atoms with Crippen molar-refractivity contribution in [2.45, 2.75) is 71.4 Å². The molecule has 2 aromatic rings. The van der Waals surface area contributed by atoms with Crippen LogP contribution in [0.5, 0.6) is 0 Å². The molecule has 10 heteroatoms. The maximum Gasteiger partial charge on any atom is 0.321 e. The molecule has 3 rings (SSSR count). The third kappa shape index (κ3) is 5.07. The van der Waals surface area contributed by atoms with Crippen molar-refractivity contribution in [2.24, 2.45) is 0 Å². The van der Waals surface area contributed by atoms with E-state index in [0.717, 1.165) is 31.4 Å². The van der Waals surface area contributed by atoms with Crippen molar-refractivity contribution >= 4 is 23.7 Å². The van der Waals surface area contributed by atoms with E-state index in [4.69, 9.17) is 4.74 Å². The number of aromatic nitrogens is 4. The molecule has 1 saturated carbocycles. The van der Waals surface area contributed by atoms with Crippen LogP contribution in [0.3, 0.4) is 0 Å². The number of esters is 1. The molecule has 2 N–H and O–H groups in total. The zero-order chi connectivity index (χ0) is 21.0. The Morgan fingerprint density at radius 1 is 1.24 bits per heavy atom. The molecule has 2 heterocycles. The van der Waals surface area contributed by atoms with E-state index in [2.05, 4.69) is 25.7 Å². The van der Waals surface area contributed by atoms with Gasteiger partial charge in [0.15, 0.2) is 6.10 Å². The van der Waals surface area contributed by atoms with Gasteiger partial charge in [-0.3, -0.25) is 14.9 Å². The largest absolute Gasteiger partial charge is 0.452 e. The van der Waals surface area contributed by atoms with Gasteiger partial charge >= 0.3 is 12.0 Å². The molecule has 0 bridgehead atoms. The molecule has 0 aromatic carbocycles. The van der Waals surface area contributed by atoms with Gasteiger partial charge in [0.05, 0.1) is 6.42 Å². The first-order chi connectivity index (χ1) is 13.8. The van der Waals surface area contributed by atoms with E-state index < -0.39 is 24.0 Å². The number of nitrogens with one attached hydrogen (secondary N) is 2. The number of ether oxygens (including phenoxy) is 1. The van der Waals surface area contributed by atoms with E-state index in [1.807, 2.05) is 6.92 Å². The Labute approximate surface area is 168 Å². The molecule has 3 amide bonds. The Kier molecular flexibility index (Phi) is 6.40. The number of carbonyl (C=O) groups is 3. The molecule has 0 saturated heterocycles. The van der Waals surface area contributed by atoms with E-state index in [9.17, 15) is 14.4 Å². The van der Waals surface area contributed by atoms with Crippen molar-refractivity contribution in [3.63, 3.8) is 0 Å². The highest BCUT2D eigenvalue weighted by Crippen LogP contribution is 2.17. The number of hydrogen-bond acceptors (Lipinski definition) is 7. The summed E-state index contributed by atoms with van der Waals surface area (Å²) >= 11 is 0. The Bertz CT molecular complexity index is 919. The topological polar surface area (TPSA) is 128 Å². The normalized spacial score (nSPS) is 15.7. The molecule has 1 aliphatic carbocycles. The first-order valence-corrected chi connectivity index (χ1v) is 9.81. The Morgan fingerprint density at radius 3 is 2.69 bits per heavy atom. The smallest absolute Gasteiger partial charge is 0.321 e. The summed E-state index contributed by atoms with van der Waals surface area (Å²) in [5.74, 6) is -0.799. The number of carbonyl (C=O) groups excluding carboxylic acids is 3. The number of fused-ring (bicyclic) bond motifs is 1. The third-order valence-electron chi connectivity index (χ3n) is 5.16. The van der Waals surface area contributed by atoms with E-state index in [1.165, 1.54) is 19.7 Å². The van der Waals surface area contributed by atoms with Gasteiger partial charge in [-0.15, -0.1) is 0 Å². The Morgan fingerprint density at radius 2 is 1.97 bits per heavy atom. The summed E-state index contributed by atoms with van der Waals surface area (Å²) in [5.41, 5.74) is 2.03. The number of rotatable bonds is 5. The van der Waals surface area contributed by atoms with Gasteiger partial charge in [-0.2, -0.15) is 10.1 Å². The SMILES string of the molecule is Cc1nc2ncnn2c(C)c1CC(=O)O[C@@H](C)C(=O)NC(=O)NC1CCCCC1. The van der Waals surface area contributed by atoms with Crippen LogP contribution in [0.4, 0.5) is 4.79 Å². The molecule has 1 atom stereocenters. The summed E-state index contributed by atoms with van der Waals surface area (Å²) < 4.78 is 6.75. The van der Waals surface area contributed by atoms with Gasteiger partial charge in [-0.1, -0.05) is 19.3 Å². The lowest BCUT2D eigenvalue weighted by Crippen LogP contribution is -2.48. The second kappa shape index (κ2) is 8.97. The average Bonchev–Trinajstić information content (AvgIpc) is 3.14. The van der Waals surface area contributed by atoms with Crippen LogP contribution in [0.25, 0.3) is 5.78 Å². The maximum atomic E-state index is 12.3. The molecule has 156 valence electrons. The van der Waals surface area contributed by atoms with Gasteiger partial charge in [0.1, 0.15) is 6.33 Å². The summed E-state index contributed by atoms with van der Waals surface area (Å²) in [6.07, 6.45) is 5.37. The number of amides is 3. The maximum absolute atomic E-state index is 12.3. The van der Waals surface area contributed by atoms with Gasteiger partial charge < -0.3 is 10.1 Å². The monoisotopic (exact) mass is 402 g/mol. The van der Waals surface area contributed by atoms with Crippen molar-refractivity contribution in [1.82, 2.24) is 30.2 Å². The van der Waals surface area contributed by atoms with Gasteiger partial charge in [-0.05, 0) is 33.6 Å². The quantitative estimate of drug-likeness (QED) is 0.723. The van der Waals surface area contributed by atoms with Gasteiger partial charge in [-0.25, -0.2) is 14.3 Å². The van der Waals surface area contributed by atoms with Gasteiger partial charge in [0.2, 0.25) is 0 Å². The molecule has 0 radical (unpaired) electrons. The average molecular weight is 402 g/mol.